The van der Waals surface area contributed by atoms with Gasteiger partial charge in [-0.15, -0.1) is 0 Å². The van der Waals surface area contributed by atoms with E-state index in [0.717, 1.165) is 43.8 Å². The third-order valence-electron chi connectivity index (χ3n) is 5.24. The van der Waals surface area contributed by atoms with Crippen LogP contribution in [0.5, 0.6) is 0 Å². The highest BCUT2D eigenvalue weighted by atomic mass is 32.1. The lowest BCUT2D eigenvalue weighted by atomic mass is 9.76. The topological polar surface area (TPSA) is 25.4 Å². The molecule has 0 bridgehead atoms. The molecule has 4 heteroatoms. The number of rotatable bonds is 4. The van der Waals surface area contributed by atoms with E-state index in [0.29, 0.717) is 0 Å². The van der Waals surface area contributed by atoms with E-state index in [9.17, 15) is 0 Å². The maximum Gasteiger partial charge on any atom is 0.0710 e. The highest BCUT2D eigenvalue weighted by molar-refractivity contribution is 7.08. The van der Waals surface area contributed by atoms with E-state index in [-0.39, 0.29) is 0 Å². The second-order valence-electron chi connectivity index (χ2n) is 6.82. The van der Waals surface area contributed by atoms with Crippen molar-refractivity contribution in [3.05, 3.63) is 40.7 Å². The predicted octanol–water partition coefficient (Wildman–Crippen LogP) is 4.06. The van der Waals surface area contributed by atoms with Crippen LogP contribution >= 0.6 is 11.3 Å². The summed E-state index contributed by atoms with van der Waals surface area (Å²) < 4.78 is 5.84. The van der Waals surface area contributed by atoms with Crippen molar-refractivity contribution in [1.82, 2.24) is 9.88 Å². The Morgan fingerprint density at radius 2 is 2.17 bits per heavy atom. The zero-order valence-corrected chi connectivity index (χ0v) is 14.3. The fraction of sp³-hybridized carbons (Fsp3) is 0.526. The van der Waals surface area contributed by atoms with Crippen LogP contribution in [0.4, 0.5) is 0 Å². The minimum atomic E-state index is 0.726. The number of hydrogen-bond acceptors (Lipinski definition) is 4. The van der Waals surface area contributed by atoms with E-state index in [2.05, 4.69) is 38.8 Å². The molecule has 122 valence electrons. The van der Waals surface area contributed by atoms with Gasteiger partial charge in [0.05, 0.1) is 18.9 Å². The molecule has 1 atom stereocenters. The third-order valence-corrected chi connectivity index (χ3v) is 5.92. The van der Waals surface area contributed by atoms with E-state index >= 15 is 0 Å². The molecule has 0 aromatic carbocycles. The molecule has 2 aromatic heterocycles. The van der Waals surface area contributed by atoms with Crippen LogP contribution in [0.15, 0.2) is 35.2 Å². The Morgan fingerprint density at radius 1 is 1.22 bits per heavy atom. The first kappa shape index (κ1) is 15.3. The van der Waals surface area contributed by atoms with Crippen LogP contribution in [0.3, 0.4) is 0 Å². The Labute approximate surface area is 142 Å². The summed E-state index contributed by atoms with van der Waals surface area (Å²) in [6.07, 6.45) is 6.25. The van der Waals surface area contributed by atoms with Crippen LogP contribution in [0, 0.1) is 11.8 Å². The van der Waals surface area contributed by atoms with Gasteiger partial charge in [-0.1, -0.05) is 25.3 Å². The maximum absolute atomic E-state index is 5.84. The SMILES string of the molecule is c1cc(-c2ccc(CN3CCOCC(C4CCC4)C3)cn2)cs1. The lowest BCUT2D eigenvalue weighted by Gasteiger charge is -2.35. The second-order valence-corrected chi connectivity index (χ2v) is 7.60. The zero-order chi connectivity index (χ0) is 15.5. The first-order chi connectivity index (χ1) is 11.4. The van der Waals surface area contributed by atoms with Crippen LogP contribution in [0.2, 0.25) is 0 Å². The van der Waals surface area contributed by atoms with Crippen molar-refractivity contribution in [3.8, 4) is 11.3 Å². The van der Waals surface area contributed by atoms with Crippen molar-refractivity contribution >= 4 is 11.3 Å². The van der Waals surface area contributed by atoms with E-state index in [1.165, 1.54) is 36.9 Å². The molecule has 1 aliphatic carbocycles. The summed E-state index contributed by atoms with van der Waals surface area (Å²) in [6.45, 7) is 5.02. The molecule has 1 aliphatic heterocycles. The average molecular weight is 328 g/mol. The first-order valence-electron chi connectivity index (χ1n) is 8.66. The third kappa shape index (κ3) is 3.65. The lowest BCUT2D eigenvalue weighted by molar-refractivity contribution is 0.0769. The fourth-order valence-electron chi connectivity index (χ4n) is 3.60. The van der Waals surface area contributed by atoms with Crippen molar-refractivity contribution in [2.45, 2.75) is 25.8 Å². The van der Waals surface area contributed by atoms with Gasteiger partial charge in [0, 0.05) is 36.8 Å². The van der Waals surface area contributed by atoms with Crippen LogP contribution < -0.4 is 0 Å². The minimum absolute atomic E-state index is 0.726. The summed E-state index contributed by atoms with van der Waals surface area (Å²) in [7, 11) is 0. The number of pyridine rings is 1. The van der Waals surface area contributed by atoms with Crippen molar-refractivity contribution < 1.29 is 4.74 Å². The Kier molecular flexibility index (Phi) is 4.74. The van der Waals surface area contributed by atoms with E-state index in [1.807, 2.05) is 6.20 Å². The van der Waals surface area contributed by atoms with E-state index in [4.69, 9.17) is 4.74 Å². The maximum atomic E-state index is 5.84. The summed E-state index contributed by atoms with van der Waals surface area (Å²) in [5.41, 5.74) is 3.59. The molecule has 4 rings (SSSR count). The average Bonchev–Trinajstić information content (AvgIpc) is 2.96. The van der Waals surface area contributed by atoms with Crippen LogP contribution in [-0.4, -0.2) is 36.2 Å². The molecule has 3 nitrogen and oxygen atoms in total. The normalized spacial score (nSPS) is 23.4. The molecule has 0 amide bonds. The van der Waals surface area contributed by atoms with Gasteiger partial charge in [0.2, 0.25) is 0 Å². The van der Waals surface area contributed by atoms with Gasteiger partial charge in [-0.25, -0.2) is 0 Å². The van der Waals surface area contributed by atoms with E-state index in [1.54, 1.807) is 11.3 Å². The Bertz CT molecular complexity index is 607. The highest BCUT2D eigenvalue weighted by Gasteiger charge is 2.30. The molecule has 0 N–H and O–H groups in total. The van der Waals surface area contributed by atoms with Crippen molar-refractivity contribution in [1.29, 1.82) is 0 Å². The Hall–Kier alpha value is -1.23. The molecule has 3 heterocycles. The Morgan fingerprint density at radius 3 is 2.87 bits per heavy atom. The molecule has 2 aromatic rings. The monoisotopic (exact) mass is 328 g/mol. The molecule has 2 fully saturated rings. The molecule has 1 saturated carbocycles. The largest absolute Gasteiger partial charge is 0.380 e. The molecule has 1 saturated heterocycles. The van der Waals surface area contributed by atoms with Gasteiger partial charge in [-0.05, 0) is 34.9 Å². The van der Waals surface area contributed by atoms with Crippen LogP contribution in [-0.2, 0) is 11.3 Å². The molecule has 23 heavy (non-hydrogen) atoms. The van der Waals surface area contributed by atoms with Crippen LogP contribution in [0.25, 0.3) is 11.3 Å². The molecule has 1 unspecified atom stereocenters. The number of thiophene rings is 1. The van der Waals surface area contributed by atoms with Crippen LogP contribution in [0.1, 0.15) is 24.8 Å². The first-order valence-corrected chi connectivity index (χ1v) is 9.60. The summed E-state index contributed by atoms with van der Waals surface area (Å²) in [5.74, 6) is 1.62. The quantitative estimate of drug-likeness (QED) is 0.846. The van der Waals surface area contributed by atoms with Gasteiger partial charge >= 0.3 is 0 Å². The number of nitrogens with zero attached hydrogens (tertiary/aromatic N) is 2. The summed E-state index contributed by atoms with van der Waals surface area (Å²) in [6, 6.07) is 6.50. The van der Waals surface area contributed by atoms with Gasteiger partial charge < -0.3 is 4.74 Å². The fourth-order valence-corrected chi connectivity index (χ4v) is 4.25. The van der Waals surface area contributed by atoms with Gasteiger partial charge in [-0.3, -0.25) is 9.88 Å². The lowest BCUT2D eigenvalue weighted by Crippen LogP contribution is -2.35. The standard InChI is InChI=1S/C19H24N2OS/c1-2-16(3-1)18-12-21(7-8-22-13-18)11-15-4-5-19(20-10-15)17-6-9-23-14-17/h4-6,9-10,14,16,18H,1-3,7-8,11-13H2. The Balaban J connectivity index is 1.40. The molecular weight excluding hydrogens is 304 g/mol. The second kappa shape index (κ2) is 7.12. The highest BCUT2D eigenvalue weighted by Crippen LogP contribution is 2.35. The molecule has 0 spiro atoms. The van der Waals surface area contributed by atoms with Crippen molar-refractivity contribution in [2.75, 3.05) is 26.3 Å². The van der Waals surface area contributed by atoms with Crippen molar-refractivity contribution in [3.63, 3.8) is 0 Å². The molecule has 2 aliphatic rings. The van der Waals surface area contributed by atoms with Gasteiger partial charge in [0.1, 0.15) is 0 Å². The minimum Gasteiger partial charge on any atom is -0.380 e. The van der Waals surface area contributed by atoms with Gasteiger partial charge in [0.15, 0.2) is 0 Å². The summed E-state index contributed by atoms with van der Waals surface area (Å²) in [5, 5.41) is 4.25. The van der Waals surface area contributed by atoms with Crippen molar-refractivity contribution in [2.24, 2.45) is 11.8 Å². The van der Waals surface area contributed by atoms with E-state index < -0.39 is 0 Å². The zero-order valence-electron chi connectivity index (χ0n) is 13.5. The molecular formula is C19H24N2OS. The smallest absolute Gasteiger partial charge is 0.0710 e. The van der Waals surface area contributed by atoms with Gasteiger partial charge in [-0.2, -0.15) is 11.3 Å². The summed E-state index contributed by atoms with van der Waals surface area (Å²) >= 11 is 1.72. The number of aromatic nitrogens is 1. The summed E-state index contributed by atoms with van der Waals surface area (Å²) in [4.78, 5) is 7.19. The van der Waals surface area contributed by atoms with Gasteiger partial charge in [0.25, 0.3) is 0 Å². The number of ether oxygens (including phenoxy) is 1. The molecule has 0 radical (unpaired) electrons. The number of hydrogen-bond donors (Lipinski definition) is 0. The predicted molar refractivity (Wildman–Crippen MR) is 94.5 cm³/mol.